The fraction of sp³-hybridized carbons (Fsp3) is 0.154. The highest BCUT2D eigenvalue weighted by Gasteiger charge is 2.10. The molecule has 1 aromatic heterocycles. The van der Waals surface area contributed by atoms with Crippen LogP contribution < -0.4 is 5.32 Å². The number of nitrogens with zero attached hydrogens (tertiary/aromatic N) is 2. The van der Waals surface area contributed by atoms with Gasteiger partial charge in [-0.15, -0.1) is 0 Å². The Kier molecular flexibility index (Phi) is 3.41. The molecule has 5 nitrogen and oxygen atoms in total. The number of aromatic carboxylic acids is 1. The van der Waals surface area contributed by atoms with E-state index in [1.807, 2.05) is 0 Å². The minimum atomic E-state index is -1.17. The van der Waals surface area contributed by atoms with Crippen LogP contribution in [0.2, 0.25) is 0 Å². The van der Waals surface area contributed by atoms with Crippen molar-refractivity contribution in [3.8, 4) is 0 Å². The molecule has 2 N–H and O–H groups in total. The lowest BCUT2D eigenvalue weighted by Crippen LogP contribution is -2.03. The predicted molar refractivity (Wildman–Crippen MR) is 68.1 cm³/mol. The van der Waals surface area contributed by atoms with Crippen LogP contribution in [0, 0.1) is 19.7 Å². The highest BCUT2D eigenvalue weighted by Crippen LogP contribution is 2.21. The summed E-state index contributed by atoms with van der Waals surface area (Å²) >= 11 is 0. The van der Waals surface area contributed by atoms with E-state index in [1.54, 1.807) is 20.0 Å². The number of carboxylic acids is 1. The number of hydrogen-bond donors (Lipinski definition) is 2. The van der Waals surface area contributed by atoms with Gasteiger partial charge in [-0.2, -0.15) is 0 Å². The van der Waals surface area contributed by atoms with E-state index in [2.05, 4.69) is 15.3 Å². The molecule has 2 rings (SSSR count). The van der Waals surface area contributed by atoms with Gasteiger partial charge in [0.05, 0.1) is 22.6 Å². The molecular formula is C13H12FN3O2. The molecule has 0 aliphatic rings. The van der Waals surface area contributed by atoms with Crippen LogP contribution in [-0.4, -0.2) is 21.0 Å². The van der Waals surface area contributed by atoms with E-state index >= 15 is 0 Å². The summed E-state index contributed by atoms with van der Waals surface area (Å²) in [7, 11) is 0. The Balaban J connectivity index is 2.33. The van der Waals surface area contributed by atoms with Gasteiger partial charge >= 0.3 is 5.97 Å². The minimum Gasteiger partial charge on any atom is -0.478 e. The maximum atomic E-state index is 13.8. The van der Waals surface area contributed by atoms with E-state index in [0.29, 0.717) is 17.2 Å². The zero-order valence-electron chi connectivity index (χ0n) is 10.4. The molecule has 98 valence electrons. The predicted octanol–water partition coefficient (Wildman–Crippen LogP) is 2.67. The van der Waals surface area contributed by atoms with Gasteiger partial charge in [-0.05, 0) is 32.0 Å². The van der Waals surface area contributed by atoms with Crippen molar-refractivity contribution < 1.29 is 14.3 Å². The highest BCUT2D eigenvalue weighted by atomic mass is 19.1. The monoisotopic (exact) mass is 261 g/mol. The zero-order chi connectivity index (χ0) is 14.0. The maximum absolute atomic E-state index is 13.8. The Hall–Kier alpha value is -2.50. The summed E-state index contributed by atoms with van der Waals surface area (Å²) in [5.74, 6) is -1.37. The summed E-state index contributed by atoms with van der Waals surface area (Å²) in [5.41, 5.74) is 1.39. The van der Waals surface area contributed by atoms with Gasteiger partial charge in [0.25, 0.3) is 0 Å². The third-order valence-electron chi connectivity index (χ3n) is 2.55. The molecule has 1 aromatic carbocycles. The van der Waals surface area contributed by atoms with Crippen molar-refractivity contribution in [1.82, 2.24) is 9.97 Å². The molecule has 0 amide bonds. The average Bonchev–Trinajstić information content (AvgIpc) is 2.36. The van der Waals surface area contributed by atoms with E-state index in [0.717, 1.165) is 6.07 Å². The standard InChI is InChI=1S/C13H12FN3O2/c1-7-6-15-8(2)12(16-7)17-11-4-3-9(13(18)19)5-10(11)14/h3-6H,1-2H3,(H,16,17)(H,18,19). The molecule has 19 heavy (non-hydrogen) atoms. The molecule has 0 atom stereocenters. The van der Waals surface area contributed by atoms with Crippen molar-refractivity contribution >= 4 is 17.5 Å². The molecular weight excluding hydrogens is 249 g/mol. The first kappa shape index (κ1) is 12.9. The number of aromatic nitrogens is 2. The van der Waals surface area contributed by atoms with Crippen molar-refractivity contribution in [3.05, 3.63) is 47.2 Å². The van der Waals surface area contributed by atoms with Gasteiger partial charge in [-0.1, -0.05) is 0 Å². The number of anilines is 2. The lowest BCUT2D eigenvalue weighted by atomic mass is 10.2. The number of rotatable bonds is 3. The Bertz CT molecular complexity index is 644. The number of carbonyl (C=O) groups is 1. The lowest BCUT2D eigenvalue weighted by molar-refractivity contribution is 0.0696. The van der Waals surface area contributed by atoms with Gasteiger partial charge in [0.15, 0.2) is 5.82 Å². The maximum Gasteiger partial charge on any atom is 0.335 e. The van der Waals surface area contributed by atoms with Crippen LogP contribution in [0.25, 0.3) is 0 Å². The molecule has 0 fully saturated rings. The van der Waals surface area contributed by atoms with E-state index in [1.165, 1.54) is 12.1 Å². The van der Waals surface area contributed by atoms with Crippen LogP contribution in [-0.2, 0) is 0 Å². The molecule has 0 aliphatic carbocycles. The summed E-state index contributed by atoms with van der Waals surface area (Å²) in [6.07, 6.45) is 1.62. The van der Waals surface area contributed by atoms with Crippen LogP contribution >= 0.6 is 0 Å². The summed E-state index contributed by atoms with van der Waals surface area (Å²) in [5, 5.41) is 11.6. The number of hydrogen-bond acceptors (Lipinski definition) is 4. The molecule has 0 spiro atoms. The smallest absolute Gasteiger partial charge is 0.335 e. The molecule has 0 aliphatic heterocycles. The quantitative estimate of drug-likeness (QED) is 0.888. The number of carboxylic acid groups (broad SMARTS) is 1. The molecule has 1 heterocycles. The van der Waals surface area contributed by atoms with Gasteiger partial charge < -0.3 is 10.4 Å². The normalized spacial score (nSPS) is 10.3. The minimum absolute atomic E-state index is 0.102. The van der Waals surface area contributed by atoms with Crippen LogP contribution in [0.3, 0.4) is 0 Å². The third-order valence-corrected chi connectivity index (χ3v) is 2.55. The van der Waals surface area contributed by atoms with Crippen molar-refractivity contribution in [1.29, 1.82) is 0 Å². The van der Waals surface area contributed by atoms with Crippen LogP contribution in [0.5, 0.6) is 0 Å². The first-order valence-electron chi connectivity index (χ1n) is 5.57. The second-order valence-corrected chi connectivity index (χ2v) is 4.07. The van der Waals surface area contributed by atoms with Gasteiger partial charge in [0.2, 0.25) is 0 Å². The Morgan fingerprint density at radius 1 is 1.37 bits per heavy atom. The van der Waals surface area contributed by atoms with Crippen molar-refractivity contribution in [3.63, 3.8) is 0 Å². The van der Waals surface area contributed by atoms with Gasteiger partial charge in [-0.3, -0.25) is 4.98 Å². The second kappa shape index (κ2) is 5.01. The molecule has 6 heteroatoms. The number of nitrogens with one attached hydrogen (secondary N) is 1. The summed E-state index contributed by atoms with van der Waals surface area (Å²) < 4.78 is 13.8. The molecule has 0 saturated carbocycles. The first-order valence-corrected chi connectivity index (χ1v) is 5.57. The van der Waals surface area contributed by atoms with Gasteiger partial charge in [0, 0.05) is 6.20 Å². The van der Waals surface area contributed by atoms with E-state index in [4.69, 9.17) is 5.11 Å². The average molecular weight is 261 g/mol. The number of halogens is 1. The molecule has 0 radical (unpaired) electrons. The van der Waals surface area contributed by atoms with Gasteiger partial charge in [0.1, 0.15) is 5.82 Å². The van der Waals surface area contributed by atoms with Crippen LogP contribution in [0.4, 0.5) is 15.9 Å². The lowest BCUT2D eigenvalue weighted by Gasteiger charge is -2.09. The Labute approximate surface area is 109 Å². The van der Waals surface area contributed by atoms with Crippen molar-refractivity contribution in [2.24, 2.45) is 0 Å². The number of aryl methyl sites for hydroxylation is 2. The van der Waals surface area contributed by atoms with Crippen LogP contribution in [0.15, 0.2) is 24.4 Å². The van der Waals surface area contributed by atoms with E-state index in [9.17, 15) is 9.18 Å². The zero-order valence-corrected chi connectivity index (χ0v) is 10.4. The Morgan fingerprint density at radius 3 is 2.74 bits per heavy atom. The fourth-order valence-electron chi connectivity index (χ4n) is 1.53. The molecule has 0 bridgehead atoms. The fourth-order valence-corrected chi connectivity index (χ4v) is 1.53. The van der Waals surface area contributed by atoms with E-state index in [-0.39, 0.29) is 11.3 Å². The highest BCUT2D eigenvalue weighted by molar-refractivity contribution is 5.88. The molecule has 2 aromatic rings. The second-order valence-electron chi connectivity index (χ2n) is 4.07. The van der Waals surface area contributed by atoms with Crippen molar-refractivity contribution in [2.45, 2.75) is 13.8 Å². The molecule has 0 saturated heterocycles. The largest absolute Gasteiger partial charge is 0.478 e. The SMILES string of the molecule is Cc1cnc(C)c(Nc2ccc(C(=O)O)cc2F)n1. The third kappa shape index (κ3) is 2.85. The summed E-state index contributed by atoms with van der Waals surface area (Å²) in [6.45, 7) is 3.53. The molecule has 0 unspecified atom stereocenters. The van der Waals surface area contributed by atoms with E-state index < -0.39 is 11.8 Å². The summed E-state index contributed by atoms with van der Waals surface area (Å²) in [4.78, 5) is 19.0. The Morgan fingerprint density at radius 2 is 2.11 bits per heavy atom. The number of benzene rings is 1. The van der Waals surface area contributed by atoms with Crippen LogP contribution in [0.1, 0.15) is 21.7 Å². The topological polar surface area (TPSA) is 75.1 Å². The van der Waals surface area contributed by atoms with Crippen molar-refractivity contribution in [2.75, 3.05) is 5.32 Å². The summed E-state index contributed by atoms with van der Waals surface area (Å²) in [6, 6.07) is 3.65. The van der Waals surface area contributed by atoms with Gasteiger partial charge in [-0.25, -0.2) is 14.2 Å². The first-order chi connectivity index (χ1) is 8.97.